The topological polar surface area (TPSA) is 49.8 Å². The molecule has 102 valence electrons. The smallest absolute Gasteiger partial charge is 0.221 e. The number of H-pyrrole nitrogens is 1. The van der Waals surface area contributed by atoms with Crippen LogP contribution in [0.3, 0.4) is 0 Å². The number of aromatic nitrogens is 2. The maximum Gasteiger partial charge on any atom is 0.221 e. The van der Waals surface area contributed by atoms with Gasteiger partial charge in [0.2, 0.25) is 5.91 Å². The van der Waals surface area contributed by atoms with Gasteiger partial charge in [0.05, 0.1) is 11.0 Å². The van der Waals surface area contributed by atoms with Crippen molar-refractivity contribution in [1.29, 1.82) is 0 Å². The second kappa shape index (κ2) is 6.21. The molecule has 1 aromatic carbocycles. The zero-order valence-corrected chi connectivity index (χ0v) is 12.3. The highest BCUT2D eigenvalue weighted by Crippen LogP contribution is 2.19. The van der Waals surface area contributed by atoms with Crippen molar-refractivity contribution in [3.8, 4) is 0 Å². The van der Waals surface area contributed by atoms with Crippen molar-refractivity contribution in [2.75, 3.05) is 6.54 Å². The minimum Gasteiger partial charge on any atom is -0.356 e. The molecule has 0 saturated heterocycles. The molecule has 2 N–H and O–H groups in total. The number of rotatable bonds is 5. The summed E-state index contributed by atoms with van der Waals surface area (Å²) in [5.41, 5.74) is 1.86. The Kier molecular flexibility index (Phi) is 4.61. The highest BCUT2D eigenvalue weighted by atomic mass is 35.5. The molecule has 0 bridgehead atoms. The number of benzene rings is 1. The van der Waals surface area contributed by atoms with Gasteiger partial charge in [-0.3, -0.25) is 4.79 Å². The molecule has 1 aromatic heterocycles. The summed E-state index contributed by atoms with van der Waals surface area (Å²) in [5.74, 6) is 0.0418. The lowest BCUT2D eigenvalue weighted by Crippen LogP contribution is -2.25. The molecule has 0 atom stereocenters. The first-order chi connectivity index (χ1) is 9.11. The maximum absolute atomic E-state index is 11.6. The molecule has 4 nitrogen and oxygen atoms in total. The van der Waals surface area contributed by atoms with Crippen LogP contribution in [0.1, 0.15) is 19.8 Å². The van der Waals surface area contributed by atoms with E-state index in [1.165, 1.54) is 0 Å². The lowest BCUT2D eigenvalue weighted by molar-refractivity contribution is -0.121. The molecule has 2 aromatic rings. The van der Waals surface area contributed by atoms with Gasteiger partial charge in [-0.25, -0.2) is 0 Å². The maximum atomic E-state index is 11.6. The first-order valence-corrected chi connectivity index (χ1v) is 7.05. The van der Waals surface area contributed by atoms with E-state index in [4.69, 9.17) is 23.8 Å². The van der Waals surface area contributed by atoms with Gasteiger partial charge in [-0.05, 0) is 36.8 Å². The number of aromatic amines is 1. The Morgan fingerprint density at radius 1 is 1.53 bits per heavy atom. The van der Waals surface area contributed by atoms with Gasteiger partial charge in [0.15, 0.2) is 4.77 Å². The van der Waals surface area contributed by atoms with Crippen molar-refractivity contribution in [3.05, 3.63) is 28.0 Å². The summed E-state index contributed by atoms with van der Waals surface area (Å²) in [6, 6.07) is 5.56. The number of aryl methyl sites for hydroxylation is 1. The zero-order valence-electron chi connectivity index (χ0n) is 10.7. The molecule has 1 amide bonds. The van der Waals surface area contributed by atoms with Crippen LogP contribution in [0.2, 0.25) is 5.02 Å². The van der Waals surface area contributed by atoms with Gasteiger partial charge in [0, 0.05) is 24.5 Å². The summed E-state index contributed by atoms with van der Waals surface area (Å²) < 4.78 is 2.52. The third-order valence-electron chi connectivity index (χ3n) is 2.87. The fourth-order valence-corrected chi connectivity index (χ4v) is 2.38. The van der Waals surface area contributed by atoms with Gasteiger partial charge >= 0.3 is 0 Å². The van der Waals surface area contributed by atoms with Crippen molar-refractivity contribution in [2.45, 2.75) is 26.3 Å². The third kappa shape index (κ3) is 3.36. The summed E-state index contributed by atoms with van der Waals surface area (Å²) >= 11 is 11.3. The van der Waals surface area contributed by atoms with Crippen LogP contribution >= 0.6 is 23.8 Å². The number of amides is 1. The van der Waals surface area contributed by atoms with Gasteiger partial charge in [-0.15, -0.1) is 0 Å². The van der Waals surface area contributed by atoms with E-state index >= 15 is 0 Å². The van der Waals surface area contributed by atoms with Crippen molar-refractivity contribution in [2.24, 2.45) is 0 Å². The van der Waals surface area contributed by atoms with Crippen LogP contribution < -0.4 is 5.32 Å². The fraction of sp³-hybridized carbons (Fsp3) is 0.385. The predicted molar refractivity (Wildman–Crippen MR) is 80.1 cm³/mol. The lowest BCUT2D eigenvalue weighted by Gasteiger charge is -2.05. The predicted octanol–water partition coefficient (Wildman–Crippen LogP) is 3.27. The third-order valence-corrected chi connectivity index (χ3v) is 3.43. The SMILES string of the molecule is CCCNC(=O)CCn1c(=S)[nH]c2ccc(Cl)cc21. The normalized spacial score (nSPS) is 10.8. The van der Waals surface area contributed by atoms with E-state index in [0.717, 1.165) is 17.5 Å². The van der Waals surface area contributed by atoms with Crippen molar-refractivity contribution in [3.63, 3.8) is 0 Å². The van der Waals surface area contributed by atoms with Crippen molar-refractivity contribution < 1.29 is 4.79 Å². The van der Waals surface area contributed by atoms with Crippen LogP contribution in [0, 0.1) is 4.77 Å². The molecule has 0 aliphatic rings. The molecule has 0 saturated carbocycles. The number of nitrogens with one attached hydrogen (secondary N) is 2. The Labute approximate surface area is 121 Å². The Morgan fingerprint density at radius 2 is 2.32 bits per heavy atom. The largest absolute Gasteiger partial charge is 0.356 e. The first kappa shape index (κ1) is 14.1. The summed E-state index contributed by atoms with van der Waals surface area (Å²) in [6.45, 7) is 3.29. The van der Waals surface area contributed by atoms with Crippen LogP contribution in [0.25, 0.3) is 11.0 Å². The van der Waals surface area contributed by atoms with E-state index in [1.807, 2.05) is 29.7 Å². The molecule has 19 heavy (non-hydrogen) atoms. The van der Waals surface area contributed by atoms with E-state index in [2.05, 4.69) is 10.3 Å². The molecule has 0 radical (unpaired) electrons. The Balaban J connectivity index is 2.16. The van der Waals surface area contributed by atoms with Gasteiger partial charge in [-0.1, -0.05) is 18.5 Å². The molecule has 0 aliphatic heterocycles. The quantitative estimate of drug-likeness (QED) is 0.832. The molecule has 6 heteroatoms. The molecule has 1 heterocycles. The summed E-state index contributed by atoms with van der Waals surface area (Å²) in [4.78, 5) is 14.7. The number of hydrogen-bond acceptors (Lipinski definition) is 2. The average Bonchev–Trinajstić information content (AvgIpc) is 2.69. The molecule has 0 unspecified atom stereocenters. The van der Waals surface area contributed by atoms with Gasteiger partial charge in [-0.2, -0.15) is 0 Å². The van der Waals surface area contributed by atoms with E-state index in [9.17, 15) is 4.79 Å². The monoisotopic (exact) mass is 297 g/mol. The van der Waals surface area contributed by atoms with E-state index in [0.29, 0.717) is 29.3 Å². The standard InChI is InChI=1S/C13H16ClN3OS/c1-2-6-15-12(18)5-7-17-11-8-9(14)3-4-10(11)16-13(17)19/h3-4,8H,2,5-7H2,1H3,(H,15,18)(H,16,19). The molecular weight excluding hydrogens is 282 g/mol. The average molecular weight is 298 g/mol. The van der Waals surface area contributed by atoms with Crippen LogP contribution in [0.4, 0.5) is 0 Å². The molecule has 0 fully saturated rings. The molecule has 0 aliphatic carbocycles. The van der Waals surface area contributed by atoms with Crippen LogP contribution in [-0.4, -0.2) is 22.0 Å². The second-order valence-electron chi connectivity index (χ2n) is 4.34. The van der Waals surface area contributed by atoms with Crippen LogP contribution in [0.15, 0.2) is 18.2 Å². The minimum absolute atomic E-state index is 0.0418. The number of halogens is 1. The van der Waals surface area contributed by atoms with Crippen molar-refractivity contribution in [1.82, 2.24) is 14.9 Å². The van der Waals surface area contributed by atoms with Gasteiger partial charge in [0.25, 0.3) is 0 Å². The number of imidazole rings is 1. The number of hydrogen-bond donors (Lipinski definition) is 2. The van der Waals surface area contributed by atoms with Gasteiger partial charge < -0.3 is 14.9 Å². The van der Waals surface area contributed by atoms with E-state index in [-0.39, 0.29) is 5.91 Å². The summed E-state index contributed by atoms with van der Waals surface area (Å²) in [7, 11) is 0. The van der Waals surface area contributed by atoms with E-state index < -0.39 is 0 Å². The lowest BCUT2D eigenvalue weighted by atomic mass is 10.3. The van der Waals surface area contributed by atoms with E-state index in [1.54, 1.807) is 0 Å². The number of carbonyl (C=O) groups excluding carboxylic acids is 1. The summed E-state index contributed by atoms with van der Waals surface area (Å²) in [6.07, 6.45) is 1.35. The number of carbonyl (C=O) groups is 1. The number of fused-ring (bicyclic) bond motifs is 1. The molecule has 2 rings (SSSR count). The Hall–Kier alpha value is -1.33. The molecular formula is C13H16ClN3OS. The number of nitrogens with zero attached hydrogens (tertiary/aromatic N) is 1. The van der Waals surface area contributed by atoms with Crippen LogP contribution in [0.5, 0.6) is 0 Å². The highest BCUT2D eigenvalue weighted by Gasteiger charge is 2.07. The minimum atomic E-state index is 0.0418. The van der Waals surface area contributed by atoms with Crippen molar-refractivity contribution >= 4 is 40.8 Å². The van der Waals surface area contributed by atoms with Gasteiger partial charge in [0.1, 0.15) is 0 Å². The fourth-order valence-electron chi connectivity index (χ4n) is 1.91. The zero-order chi connectivity index (χ0) is 13.8. The first-order valence-electron chi connectivity index (χ1n) is 6.26. The Morgan fingerprint density at radius 3 is 3.05 bits per heavy atom. The Bertz CT molecular complexity index is 647. The second-order valence-corrected chi connectivity index (χ2v) is 5.17. The summed E-state index contributed by atoms with van der Waals surface area (Å²) in [5, 5.41) is 3.51. The van der Waals surface area contributed by atoms with Crippen LogP contribution in [-0.2, 0) is 11.3 Å². The molecule has 0 spiro atoms. The highest BCUT2D eigenvalue weighted by molar-refractivity contribution is 7.71.